The minimum atomic E-state index is -3.74. The number of nitrogens with zero attached hydrogens (tertiary/aromatic N) is 1. The number of unbranched alkanes of at least 4 members (excludes halogenated alkanes) is 1. The van der Waals surface area contributed by atoms with Gasteiger partial charge in [-0.3, -0.25) is 4.79 Å². The van der Waals surface area contributed by atoms with Gasteiger partial charge in [0.25, 0.3) is 10.0 Å². The van der Waals surface area contributed by atoms with Gasteiger partial charge in [0.05, 0.1) is 11.4 Å². The predicted molar refractivity (Wildman–Crippen MR) is 111 cm³/mol. The summed E-state index contributed by atoms with van der Waals surface area (Å²) in [6.07, 6.45) is 3.32. The summed E-state index contributed by atoms with van der Waals surface area (Å²) in [7, 11) is -3.74. The van der Waals surface area contributed by atoms with E-state index in [2.05, 4.69) is 22.0 Å². The van der Waals surface area contributed by atoms with Crippen molar-refractivity contribution in [1.29, 1.82) is 0 Å². The molecule has 0 saturated heterocycles. The zero-order chi connectivity index (χ0) is 19.3. The Hall–Kier alpha value is -2.32. The molecule has 0 aliphatic carbocycles. The van der Waals surface area contributed by atoms with Crippen LogP contribution in [-0.2, 0) is 21.2 Å². The lowest BCUT2D eigenvalue weighted by molar-refractivity contribution is -0.113. The topological polar surface area (TPSA) is 87.6 Å². The molecule has 142 valence electrons. The van der Waals surface area contributed by atoms with Crippen molar-refractivity contribution >= 4 is 44.2 Å². The number of fused-ring (bicyclic) bond motifs is 1. The van der Waals surface area contributed by atoms with E-state index in [9.17, 15) is 13.2 Å². The minimum Gasteiger partial charge on any atom is -0.333 e. The zero-order valence-corrected chi connectivity index (χ0v) is 16.6. The van der Waals surface area contributed by atoms with Crippen molar-refractivity contribution in [2.75, 3.05) is 16.4 Å². The van der Waals surface area contributed by atoms with E-state index >= 15 is 0 Å². The van der Waals surface area contributed by atoms with Crippen molar-refractivity contribution in [1.82, 2.24) is 0 Å². The van der Waals surface area contributed by atoms with Gasteiger partial charge < -0.3 is 10.6 Å². The van der Waals surface area contributed by atoms with E-state index in [1.54, 1.807) is 18.2 Å². The second kappa shape index (κ2) is 8.58. The van der Waals surface area contributed by atoms with E-state index in [1.807, 2.05) is 24.3 Å². The molecular weight excluding hydrogens is 382 g/mol. The monoisotopic (exact) mass is 403 g/mol. The molecule has 0 unspecified atom stereocenters. The molecule has 27 heavy (non-hydrogen) atoms. The Bertz CT molecular complexity index is 954. The molecule has 6 nitrogen and oxygen atoms in total. The summed E-state index contributed by atoms with van der Waals surface area (Å²) >= 11 is 1.05. The summed E-state index contributed by atoms with van der Waals surface area (Å²) in [5.74, 6) is -0.164. The standard InChI is InChI=1S/C19H21N3O3S2/c1-2-3-6-14-9-11-15(12-10-14)20-18(23)13-26-19-21-16-7-4-5-8-17(16)27(24,25)22-19/h4-5,7-12H,2-3,6,13H2,1H3,(H,20,23)(H,21,22). The molecule has 1 aliphatic rings. The lowest BCUT2D eigenvalue weighted by atomic mass is 10.1. The lowest BCUT2D eigenvalue weighted by Gasteiger charge is -2.17. The number of nitrogens with one attached hydrogen (secondary N) is 2. The highest BCUT2D eigenvalue weighted by atomic mass is 32.2. The zero-order valence-electron chi connectivity index (χ0n) is 14.9. The summed E-state index contributed by atoms with van der Waals surface area (Å²) in [5, 5.41) is 5.96. The van der Waals surface area contributed by atoms with Crippen LogP contribution < -0.4 is 10.6 Å². The van der Waals surface area contributed by atoms with Gasteiger partial charge in [0.1, 0.15) is 4.90 Å². The van der Waals surface area contributed by atoms with Gasteiger partial charge >= 0.3 is 0 Å². The highest BCUT2D eigenvalue weighted by molar-refractivity contribution is 8.15. The van der Waals surface area contributed by atoms with Crippen molar-refractivity contribution in [3.63, 3.8) is 0 Å². The summed E-state index contributed by atoms with van der Waals surface area (Å²) in [5.41, 5.74) is 2.43. The SMILES string of the molecule is CCCCc1ccc(NC(=O)CSC2=NS(=O)(=O)c3ccccc3N2)cc1. The number of amidine groups is 1. The van der Waals surface area contributed by atoms with Crippen molar-refractivity contribution in [2.45, 2.75) is 31.1 Å². The van der Waals surface area contributed by atoms with Crippen molar-refractivity contribution in [3.8, 4) is 0 Å². The number of sulfonamides is 1. The Morgan fingerprint density at radius 3 is 2.63 bits per heavy atom. The first-order valence-corrected chi connectivity index (χ1v) is 11.1. The second-order valence-corrected chi connectivity index (χ2v) is 8.67. The minimum absolute atomic E-state index is 0.0567. The molecule has 1 amide bonds. The Kier molecular flexibility index (Phi) is 6.18. The molecule has 1 heterocycles. The molecule has 0 bridgehead atoms. The van der Waals surface area contributed by atoms with Crippen LogP contribution in [0.1, 0.15) is 25.3 Å². The maximum absolute atomic E-state index is 12.2. The van der Waals surface area contributed by atoms with Crippen molar-refractivity contribution < 1.29 is 13.2 Å². The smallest absolute Gasteiger partial charge is 0.286 e. The summed E-state index contributed by atoms with van der Waals surface area (Å²) in [6.45, 7) is 2.15. The molecule has 2 N–H and O–H groups in total. The third-order valence-corrected chi connectivity index (χ3v) is 6.33. The number of benzene rings is 2. The molecule has 0 aromatic heterocycles. The Balaban J connectivity index is 1.56. The number of rotatable bonds is 6. The first kappa shape index (κ1) is 19.4. The second-order valence-electron chi connectivity index (χ2n) is 6.13. The number of para-hydroxylation sites is 1. The highest BCUT2D eigenvalue weighted by Crippen LogP contribution is 2.29. The normalized spacial score (nSPS) is 14.6. The molecule has 0 saturated carbocycles. The van der Waals surface area contributed by atoms with Gasteiger partial charge in [-0.15, -0.1) is 4.40 Å². The number of anilines is 2. The molecule has 0 radical (unpaired) electrons. The molecule has 0 fully saturated rings. The average Bonchev–Trinajstić information content (AvgIpc) is 2.65. The van der Waals surface area contributed by atoms with Crippen LogP contribution in [0.25, 0.3) is 0 Å². The van der Waals surface area contributed by atoms with E-state index in [-0.39, 0.29) is 21.7 Å². The number of hydrogen-bond donors (Lipinski definition) is 2. The van der Waals surface area contributed by atoms with Crippen LogP contribution >= 0.6 is 11.8 Å². The number of amides is 1. The fraction of sp³-hybridized carbons (Fsp3) is 0.263. The maximum Gasteiger partial charge on any atom is 0.286 e. The third-order valence-electron chi connectivity index (χ3n) is 4.01. The van der Waals surface area contributed by atoms with E-state index < -0.39 is 10.0 Å². The molecule has 1 aliphatic heterocycles. The van der Waals surface area contributed by atoms with Crippen molar-refractivity contribution in [3.05, 3.63) is 54.1 Å². The Morgan fingerprint density at radius 2 is 1.89 bits per heavy atom. The van der Waals surface area contributed by atoms with Crippen LogP contribution in [0.4, 0.5) is 11.4 Å². The first-order valence-electron chi connectivity index (χ1n) is 8.70. The van der Waals surface area contributed by atoms with Gasteiger partial charge in [-0.05, 0) is 42.7 Å². The first-order chi connectivity index (χ1) is 13.0. The molecule has 2 aromatic rings. The quantitative estimate of drug-likeness (QED) is 0.764. The number of carbonyl (C=O) groups excluding carboxylic acids is 1. The van der Waals surface area contributed by atoms with Gasteiger partial charge in [-0.1, -0.05) is 49.4 Å². The number of carbonyl (C=O) groups is 1. The van der Waals surface area contributed by atoms with Gasteiger partial charge in [0.15, 0.2) is 5.17 Å². The maximum atomic E-state index is 12.2. The van der Waals surface area contributed by atoms with Crippen LogP contribution in [0.5, 0.6) is 0 Å². The fourth-order valence-electron chi connectivity index (χ4n) is 2.62. The summed E-state index contributed by atoms with van der Waals surface area (Å²) < 4.78 is 28.1. The Labute approximate surface area is 163 Å². The van der Waals surface area contributed by atoms with Crippen LogP contribution in [0.2, 0.25) is 0 Å². The fourth-order valence-corrected chi connectivity index (χ4v) is 4.66. The van der Waals surface area contributed by atoms with E-state index in [1.165, 1.54) is 11.6 Å². The lowest BCUT2D eigenvalue weighted by Crippen LogP contribution is -2.22. The van der Waals surface area contributed by atoms with Gasteiger partial charge in [-0.2, -0.15) is 8.42 Å². The van der Waals surface area contributed by atoms with E-state index in [0.29, 0.717) is 5.69 Å². The van der Waals surface area contributed by atoms with Crippen molar-refractivity contribution in [2.24, 2.45) is 4.40 Å². The number of aryl methyl sites for hydroxylation is 1. The van der Waals surface area contributed by atoms with Gasteiger partial charge in [0, 0.05) is 5.69 Å². The molecular formula is C19H21N3O3S2. The number of hydrogen-bond acceptors (Lipinski definition) is 5. The van der Waals surface area contributed by atoms with Crippen LogP contribution in [0.15, 0.2) is 57.8 Å². The molecule has 8 heteroatoms. The van der Waals surface area contributed by atoms with E-state index in [4.69, 9.17) is 0 Å². The molecule has 0 atom stereocenters. The summed E-state index contributed by atoms with van der Waals surface area (Å²) in [4.78, 5) is 12.3. The highest BCUT2D eigenvalue weighted by Gasteiger charge is 2.24. The molecule has 0 spiro atoms. The number of thioether (sulfide) groups is 1. The van der Waals surface area contributed by atoms with Gasteiger partial charge in [-0.25, -0.2) is 0 Å². The van der Waals surface area contributed by atoms with Crippen LogP contribution in [-0.4, -0.2) is 25.2 Å². The average molecular weight is 404 g/mol. The van der Waals surface area contributed by atoms with Crippen LogP contribution in [0, 0.1) is 0 Å². The largest absolute Gasteiger partial charge is 0.333 e. The van der Waals surface area contributed by atoms with E-state index in [0.717, 1.165) is 36.7 Å². The van der Waals surface area contributed by atoms with Crippen LogP contribution in [0.3, 0.4) is 0 Å². The Morgan fingerprint density at radius 1 is 1.15 bits per heavy atom. The predicted octanol–water partition coefficient (Wildman–Crippen LogP) is 3.87. The summed E-state index contributed by atoms with van der Waals surface area (Å²) in [6, 6.07) is 14.3. The van der Waals surface area contributed by atoms with Gasteiger partial charge in [0.2, 0.25) is 5.91 Å². The molecule has 3 rings (SSSR count). The molecule has 2 aromatic carbocycles. The third kappa shape index (κ3) is 5.11.